The van der Waals surface area contributed by atoms with Gasteiger partial charge in [-0.2, -0.15) is 15.5 Å². The van der Waals surface area contributed by atoms with E-state index in [1.807, 2.05) is 66.7 Å². The Labute approximate surface area is 368 Å². The molecule has 9 heteroatoms. The van der Waals surface area contributed by atoms with Crippen molar-refractivity contribution in [2.75, 3.05) is 0 Å². The summed E-state index contributed by atoms with van der Waals surface area (Å²) in [4.78, 5) is 16.1. The Morgan fingerprint density at radius 1 is 0.406 bits per heavy atom. The van der Waals surface area contributed by atoms with Gasteiger partial charge in [0.15, 0.2) is 8.07 Å². The molecule has 0 atom stereocenters. The van der Waals surface area contributed by atoms with E-state index in [0.29, 0.717) is 28.7 Å². The van der Waals surface area contributed by atoms with Crippen molar-refractivity contribution in [1.29, 1.82) is 10.5 Å². The van der Waals surface area contributed by atoms with E-state index in [1.165, 1.54) is 20.7 Å². The normalized spacial score (nSPS) is 11.7. The van der Waals surface area contributed by atoms with Gasteiger partial charge in [0.1, 0.15) is 5.82 Å². The van der Waals surface area contributed by atoms with Crippen LogP contribution in [0.1, 0.15) is 11.1 Å². The van der Waals surface area contributed by atoms with Crippen LogP contribution in [-0.2, 0) is 0 Å². The summed E-state index contributed by atoms with van der Waals surface area (Å²) < 4.78 is 6.35. The van der Waals surface area contributed by atoms with E-state index in [0.717, 1.165) is 55.1 Å². The van der Waals surface area contributed by atoms with E-state index in [9.17, 15) is 10.5 Å². The Hall–Kier alpha value is -8.89. The standard InChI is InChI=1S/C55H34N8Si/c56-35-37-27-29-48-44(31-37)45-32-38(36-57)28-30-49(45)61(48)53-34-47(58-54(60-53)63-52-26-13-12-25-51(52)62-50-24-11-10-23-46(50)59-55(62)63)39-15-14-22-43(33-39)64(40-16-4-1-5-17-40,41-18-6-2-7-19-41)42-20-8-3-9-21-42/h1-34H. The molecular formula is C55H34N8Si. The summed E-state index contributed by atoms with van der Waals surface area (Å²) in [6, 6.07) is 76.1. The van der Waals surface area contributed by atoms with Gasteiger partial charge < -0.3 is 0 Å². The van der Waals surface area contributed by atoms with Gasteiger partial charge in [0, 0.05) is 22.4 Å². The van der Waals surface area contributed by atoms with Crippen molar-refractivity contribution in [3.8, 4) is 35.2 Å². The highest BCUT2D eigenvalue weighted by Crippen LogP contribution is 2.35. The van der Waals surface area contributed by atoms with Gasteiger partial charge in [0.2, 0.25) is 11.7 Å². The van der Waals surface area contributed by atoms with Crippen molar-refractivity contribution in [3.05, 3.63) is 217 Å². The minimum atomic E-state index is -2.90. The first kappa shape index (κ1) is 36.9. The van der Waals surface area contributed by atoms with Crippen LogP contribution in [0.25, 0.3) is 72.7 Å². The zero-order valence-electron chi connectivity index (χ0n) is 34.2. The minimum Gasteiger partial charge on any atom is -0.294 e. The second-order valence-electron chi connectivity index (χ2n) is 15.9. The van der Waals surface area contributed by atoms with Crippen LogP contribution in [0.3, 0.4) is 0 Å². The van der Waals surface area contributed by atoms with E-state index in [2.05, 4.69) is 165 Å². The minimum absolute atomic E-state index is 0.453. The molecule has 0 saturated carbocycles. The van der Waals surface area contributed by atoms with Crippen molar-refractivity contribution in [2.45, 2.75) is 0 Å². The van der Waals surface area contributed by atoms with Crippen molar-refractivity contribution < 1.29 is 0 Å². The van der Waals surface area contributed by atoms with Gasteiger partial charge in [-0.25, -0.2) is 14.5 Å². The first-order valence-electron chi connectivity index (χ1n) is 21.1. The zero-order chi connectivity index (χ0) is 42.8. The van der Waals surface area contributed by atoms with Gasteiger partial charge in [-0.3, -0.25) is 8.97 Å². The molecule has 298 valence electrons. The molecule has 0 radical (unpaired) electrons. The first-order valence-corrected chi connectivity index (χ1v) is 23.1. The van der Waals surface area contributed by atoms with Gasteiger partial charge in [-0.15, -0.1) is 0 Å². The van der Waals surface area contributed by atoms with Crippen molar-refractivity contribution in [1.82, 2.24) is 28.5 Å². The van der Waals surface area contributed by atoms with Crippen LogP contribution in [0.15, 0.2) is 206 Å². The third-order valence-corrected chi connectivity index (χ3v) is 17.2. The Balaban J connectivity index is 1.18. The van der Waals surface area contributed by atoms with E-state index in [1.54, 1.807) is 0 Å². The van der Waals surface area contributed by atoms with Crippen LogP contribution in [0.2, 0.25) is 0 Å². The lowest BCUT2D eigenvalue weighted by Gasteiger charge is -2.34. The molecule has 0 bridgehead atoms. The van der Waals surface area contributed by atoms with Crippen LogP contribution in [0, 0.1) is 22.7 Å². The number of para-hydroxylation sites is 4. The number of benzene rings is 8. The molecule has 0 unspecified atom stereocenters. The Morgan fingerprint density at radius 3 is 1.53 bits per heavy atom. The number of hydrogen-bond donors (Lipinski definition) is 0. The van der Waals surface area contributed by atoms with Crippen molar-refractivity contribution in [3.63, 3.8) is 0 Å². The molecule has 0 saturated heterocycles. The Morgan fingerprint density at radius 2 is 0.938 bits per heavy atom. The summed E-state index contributed by atoms with van der Waals surface area (Å²) in [5, 5.41) is 26.7. The maximum absolute atomic E-state index is 9.98. The van der Waals surface area contributed by atoms with Crippen LogP contribution >= 0.6 is 0 Å². The lowest BCUT2D eigenvalue weighted by Crippen LogP contribution is -2.74. The molecule has 4 aromatic heterocycles. The smallest absolute Gasteiger partial charge is 0.239 e. The molecule has 0 aliphatic carbocycles. The summed E-state index contributed by atoms with van der Waals surface area (Å²) in [7, 11) is -2.90. The molecule has 8 aromatic carbocycles. The average Bonchev–Trinajstić information content (AvgIpc) is 4.01. The summed E-state index contributed by atoms with van der Waals surface area (Å²) in [5.41, 5.74) is 8.19. The van der Waals surface area contributed by atoms with Crippen LogP contribution < -0.4 is 20.7 Å². The third-order valence-electron chi connectivity index (χ3n) is 12.5. The zero-order valence-corrected chi connectivity index (χ0v) is 35.2. The maximum atomic E-state index is 9.98. The third kappa shape index (κ3) is 5.56. The lowest BCUT2D eigenvalue weighted by atomic mass is 10.1. The predicted octanol–water partition coefficient (Wildman–Crippen LogP) is 9.11. The molecule has 0 aliphatic rings. The monoisotopic (exact) mass is 834 g/mol. The summed E-state index contributed by atoms with van der Waals surface area (Å²) in [6.07, 6.45) is 0. The van der Waals surface area contributed by atoms with E-state index >= 15 is 0 Å². The molecule has 0 aliphatic heterocycles. The number of hydrogen-bond acceptors (Lipinski definition) is 5. The fourth-order valence-corrected chi connectivity index (χ4v) is 14.5. The van der Waals surface area contributed by atoms with Gasteiger partial charge in [0.05, 0.1) is 62.1 Å². The second kappa shape index (κ2) is 14.6. The van der Waals surface area contributed by atoms with Crippen LogP contribution in [0.4, 0.5) is 0 Å². The lowest BCUT2D eigenvalue weighted by molar-refractivity contribution is 0.937. The van der Waals surface area contributed by atoms with Gasteiger partial charge in [-0.05, 0) is 81.4 Å². The highest BCUT2D eigenvalue weighted by molar-refractivity contribution is 7.19. The highest BCUT2D eigenvalue weighted by Gasteiger charge is 2.41. The number of nitriles is 2. The second-order valence-corrected chi connectivity index (χ2v) is 19.7. The number of aromatic nitrogens is 6. The topological polar surface area (TPSA) is 101 Å². The van der Waals surface area contributed by atoms with E-state index < -0.39 is 8.07 Å². The first-order chi connectivity index (χ1) is 31.6. The molecule has 0 fully saturated rings. The fraction of sp³-hybridized carbons (Fsp3) is 0. The molecule has 0 amide bonds. The summed E-state index contributed by atoms with van der Waals surface area (Å²) >= 11 is 0. The van der Waals surface area contributed by atoms with Crippen molar-refractivity contribution >= 4 is 78.5 Å². The summed E-state index contributed by atoms with van der Waals surface area (Å²) in [6.45, 7) is 0. The number of fused-ring (bicyclic) bond motifs is 8. The Bertz CT molecular complexity index is 3710. The van der Waals surface area contributed by atoms with E-state index in [-0.39, 0.29) is 0 Å². The Kier molecular flexibility index (Phi) is 8.44. The van der Waals surface area contributed by atoms with Crippen LogP contribution in [-0.4, -0.2) is 36.6 Å². The number of rotatable bonds is 7. The molecular weight excluding hydrogens is 801 g/mol. The molecule has 12 rings (SSSR count). The SMILES string of the molecule is N#Cc1ccc2c(c1)c1cc(C#N)ccc1n2-c1cc(-c2cccc([Si](c3ccccc3)(c3ccccc3)c3ccccc3)c2)nc(-n2c3ccccc3n3c4ccccc4nc23)n1. The molecule has 8 nitrogen and oxygen atoms in total. The van der Waals surface area contributed by atoms with Gasteiger partial charge in [0.25, 0.3) is 0 Å². The maximum Gasteiger partial charge on any atom is 0.239 e. The predicted molar refractivity (Wildman–Crippen MR) is 258 cm³/mol. The molecule has 4 heterocycles. The molecule has 0 spiro atoms. The van der Waals surface area contributed by atoms with Crippen molar-refractivity contribution in [2.24, 2.45) is 0 Å². The van der Waals surface area contributed by atoms with Gasteiger partial charge in [-0.1, -0.05) is 140 Å². The van der Waals surface area contributed by atoms with E-state index in [4.69, 9.17) is 15.0 Å². The molecule has 12 aromatic rings. The van der Waals surface area contributed by atoms with Gasteiger partial charge >= 0.3 is 0 Å². The average molecular weight is 835 g/mol. The molecule has 0 N–H and O–H groups in total. The highest BCUT2D eigenvalue weighted by atomic mass is 28.3. The number of imidazole rings is 2. The fourth-order valence-electron chi connectivity index (χ4n) is 9.72. The van der Waals surface area contributed by atoms with Crippen LogP contribution in [0.5, 0.6) is 0 Å². The largest absolute Gasteiger partial charge is 0.294 e. The number of nitrogens with zero attached hydrogens (tertiary/aromatic N) is 8. The quantitative estimate of drug-likeness (QED) is 0.118. The summed E-state index contributed by atoms with van der Waals surface area (Å²) in [5.74, 6) is 1.78. The molecule has 64 heavy (non-hydrogen) atoms.